The van der Waals surface area contributed by atoms with Crippen molar-refractivity contribution in [3.05, 3.63) is 41.7 Å². The first-order valence-electron chi connectivity index (χ1n) is 8.09. The van der Waals surface area contributed by atoms with Gasteiger partial charge in [-0.05, 0) is 19.1 Å². The van der Waals surface area contributed by atoms with Crippen molar-refractivity contribution in [2.75, 3.05) is 24.5 Å². The van der Waals surface area contributed by atoms with E-state index >= 15 is 0 Å². The molecule has 1 atom stereocenters. The number of piperazine rings is 1. The minimum Gasteiger partial charge on any atom is -0.361 e. The Kier molecular flexibility index (Phi) is 4.61. The second-order valence-electron chi connectivity index (χ2n) is 6.49. The standard InChI is InChI=1S/C17H23FN4O/c1-12(2)16-8-15(20-23-16)11-21-6-7-22(13(3)10-21)17-5-4-14(18)9-19-17/h4-5,8-9,12-13H,6-7,10-11H2,1-3H3. The van der Waals surface area contributed by atoms with Gasteiger partial charge in [-0.2, -0.15) is 0 Å². The molecule has 0 N–H and O–H groups in total. The molecule has 3 heterocycles. The summed E-state index contributed by atoms with van der Waals surface area (Å²) in [4.78, 5) is 8.78. The van der Waals surface area contributed by atoms with Crippen LogP contribution in [0.2, 0.25) is 0 Å². The Morgan fingerprint density at radius 2 is 2.17 bits per heavy atom. The predicted molar refractivity (Wildman–Crippen MR) is 86.9 cm³/mol. The van der Waals surface area contributed by atoms with Gasteiger partial charge in [0.05, 0.1) is 11.9 Å². The first kappa shape index (κ1) is 15.9. The summed E-state index contributed by atoms with van der Waals surface area (Å²) in [5.41, 5.74) is 0.981. The zero-order valence-corrected chi connectivity index (χ0v) is 13.9. The Bertz CT molecular complexity index is 640. The third-order valence-corrected chi connectivity index (χ3v) is 4.25. The maximum atomic E-state index is 13.0. The molecule has 3 rings (SSSR count). The highest BCUT2D eigenvalue weighted by molar-refractivity contribution is 5.40. The van der Waals surface area contributed by atoms with E-state index in [1.165, 1.54) is 12.3 Å². The molecule has 0 bridgehead atoms. The summed E-state index contributed by atoms with van der Waals surface area (Å²) in [6.07, 6.45) is 1.28. The molecule has 1 fully saturated rings. The van der Waals surface area contributed by atoms with Gasteiger partial charge in [0.15, 0.2) is 0 Å². The van der Waals surface area contributed by atoms with Gasteiger partial charge in [-0.25, -0.2) is 9.37 Å². The number of hydrogen-bond donors (Lipinski definition) is 0. The molecule has 1 unspecified atom stereocenters. The van der Waals surface area contributed by atoms with Crippen LogP contribution in [0.15, 0.2) is 28.9 Å². The fourth-order valence-corrected chi connectivity index (χ4v) is 2.96. The van der Waals surface area contributed by atoms with E-state index in [-0.39, 0.29) is 5.82 Å². The Morgan fingerprint density at radius 3 is 2.78 bits per heavy atom. The van der Waals surface area contributed by atoms with Crippen molar-refractivity contribution in [2.24, 2.45) is 0 Å². The topological polar surface area (TPSA) is 45.4 Å². The summed E-state index contributed by atoms with van der Waals surface area (Å²) in [6.45, 7) is 9.87. The molecule has 1 aliphatic heterocycles. The normalized spacial score (nSPS) is 19.5. The summed E-state index contributed by atoms with van der Waals surface area (Å²) in [5.74, 6) is 1.83. The van der Waals surface area contributed by atoms with Crippen LogP contribution in [0.1, 0.15) is 38.1 Å². The van der Waals surface area contributed by atoms with Crippen molar-refractivity contribution in [1.29, 1.82) is 0 Å². The van der Waals surface area contributed by atoms with Crippen molar-refractivity contribution in [3.8, 4) is 0 Å². The lowest BCUT2D eigenvalue weighted by Gasteiger charge is -2.40. The van der Waals surface area contributed by atoms with Crippen LogP contribution in [0.5, 0.6) is 0 Å². The number of rotatable bonds is 4. The molecule has 0 spiro atoms. The summed E-state index contributed by atoms with van der Waals surface area (Å²) in [5, 5.41) is 4.16. The van der Waals surface area contributed by atoms with Gasteiger partial charge in [0, 0.05) is 44.2 Å². The molecule has 0 aromatic carbocycles. The first-order valence-corrected chi connectivity index (χ1v) is 8.09. The lowest BCUT2D eigenvalue weighted by atomic mass is 10.1. The fraction of sp³-hybridized carbons (Fsp3) is 0.529. The van der Waals surface area contributed by atoms with E-state index in [1.54, 1.807) is 6.07 Å². The van der Waals surface area contributed by atoms with Crippen molar-refractivity contribution in [3.63, 3.8) is 0 Å². The van der Waals surface area contributed by atoms with Crippen LogP contribution in [0.25, 0.3) is 0 Å². The van der Waals surface area contributed by atoms with E-state index < -0.39 is 0 Å². The van der Waals surface area contributed by atoms with Crippen molar-refractivity contribution in [1.82, 2.24) is 15.0 Å². The average Bonchev–Trinajstić information content (AvgIpc) is 2.97. The van der Waals surface area contributed by atoms with Gasteiger partial charge in [-0.15, -0.1) is 0 Å². The minimum atomic E-state index is -0.299. The molecule has 0 amide bonds. The third-order valence-electron chi connectivity index (χ3n) is 4.25. The Balaban J connectivity index is 1.60. The molecular weight excluding hydrogens is 295 g/mol. The first-order chi connectivity index (χ1) is 11.0. The van der Waals surface area contributed by atoms with Crippen LogP contribution in [0.4, 0.5) is 10.2 Å². The predicted octanol–water partition coefficient (Wildman–Crippen LogP) is 3.04. The van der Waals surface area contributed by atoms with Gasteiger partial charge in [-0.1, -0.05) is 19.0 Å². The van der Waals surface area contributed by atoms with E-state index in [0.29, 0.717) is 12.0 Å². The van der Waals surface area contributed by atoms with Gasteiger partial charge in [0.25, 0.3) is 0 Å². The zero-order valence-electron chi connectivity index (χ0n) is 13.9. The largest absolute Gasteiger partial charge is 0.361 e. The van der Waals surface area contributed by atoms with E-state index in [0.717, 1.165) is 43.5 Å². The van der Waals surface area contributed by atoms with E-state index in [9.17, 15) is 4.39 Å². The van der Waals surface area contributed by atoms with Crippen LogP contribution >= 0.6 is 0 Å². The molecule has 6 heteroatoms. The Labute approximate surface area is 136 Å². The van der Waals surface area contributed by atoms with Gasteiger partial charge in [0.1, 0.15) is 17.4 Å². The van der Waals surface area contributed by atoms with E-state index in [1.807, 2.05) is 6.07 Å². The molecule has 2 aromatic rings. The Morgan fingerprint density at radius 1 is 1.35 bits per heavy atom. The summed E-state index contributed by atoms with van der Waals surface area (Å²) >= 11 is 0. The van der Waals surface area contributed by atoms with Crippen LogP contribution in [-0.2, 0) is 6.54 Å². The van der Waals surface area contributed by atoms with Gasteiger partial charge in [0.2, 0.25) is 0 Å². The maximum Gasteiger partial charge on any atom is 0.141 e. The molecule has 0 saturated carbocycles. The molecule has 5 nitrogen and oxygen atoms in total. The van der Waals surface area contributed by atoms with Crippen molar-refractivity contribution in [2.45, 2.75) is 39.3 Å². The summed E-state index contributed by atoms with van der Waals surface area (Å²) in [7, 11) is 0. The average molecular weight is 318 g/mol. The SMILES string of the molecule is CC(C)c1cc(CN2CCN(c3ccc(F)cn3)C(C)C2)no1. The smallest absolute Gasteiger partial charge is 0.141 e. The molecule has 23 heavy (non-hydrogen) atoms. The summed E-state index contributed by atoms with van der Waals surface area (Å²) in [6, 6.07) is 5.57. The molecule has 124 valence electrons. The maximum absolute atomic E-state index is 13.0. The summed E-state index contributed by atoms with van der Waals surface area (Å²) < 4.78 is 18.4. The molecule has 1 aliphatic rings. The van der Waals surface area contributed by atoms with Crippen molar-refractivity contribution < 1.29 is 8.91 Å². The number of anilines is 1. The molecule has 0 aliphatic carbocycles. The third kappa shape index (κ3) is 3.69. The molecule has 0 radical (unpaired) electrons. The lowest BCUT2D eigenvalue weighted by molar-refractivity contribution is 0.214. The number of halogens is 1. The number of aromatic nitrogens is 2. The van der Waals surface area contributed by atoms with Gasteiger partial charge < -0.3 is 9.42 Å². The number of pyridine rings is 1. The van der Waals surface area contributed by atoms with Crippen LogP contribution in [-0.4, -0.2) is 40.7 Å². The highest BCUT2D eigenvalue weighted by Crippen LogP contribution is 2.21. The molecular formula is C17H23FN4O. The highest BCUT2D eigenvalue weighted by Gasteiger charge is 2.25. The monoisotopic (exact) mass is 318 g/mol. The minimum absolute atomic E-state index is 0.299. The van der Waals surface area contributed by atoms with Gasteiger partial charge >= 0.3 is 0 Å². The van der Waals surface area contributed by atoms with Crippen LogP contribution in [0, 0.1) is 5.82 Å². The molecule has 1 saturated heterocycles. The van der Waals surface area contributed by atoms with E-state index in [4.69, 9.17) is 4.52 Å². The Hall–Kier alpha value is -1.95. The molecule has 2 aromatic heterocycles. The zero-order chi connectivity index (χ0) is 16.4. The van der Waals surface area contributed by atoms with Crippen molar-refractivity contribution >= 4 is 5.82 Å². The fourth-order valence-electron chi connectivity index (χ4n) is 2.96. The highest BCUT2D eigenvalue weighted by atomic mass is 19.1. The lowest BCUT2D eigenvalue weighted by Crippen LogP contribution is -2.51. The number of hydrogen-bond acceptors (Lipinski definition) is 5. The van der Waals surface area contributed by atoms with Crippen LogP contribution < -0.4 is 4.90 Å². The van der Waals surface area contributed by atoms with Crippen LogP contribution in [0.3, 0.4) is 0 Å². The second-order valence-corrected chi connectivity index (χ2v) is 6.49. The number of nitrogens with zero attached hydrogens (tertiary/aromatic N) is 4. The second kappa shape index (κ2) is 6.66. The van der Waals surface area contributed by atoms with Gasteiger partial charge in [-0.3, -0.25) is 4.90 Å². The quantitative estimate of drug-likeness (QED) is 0.867. The van der Waals surface area contributed by atoms with E-state index in [2.05, 4.69) is 40.7 Å².